The van der Waals surface area contributed by atoms with Gasteiger partial charge in [-0.05, 0) is 31.2 Å². The van der Waals surface area contributed by atoms with Crippen molar-refractivity contribution in [2.24, 2.45) is 0 Å². The van der Waals surface area contributed by atoms with Gasteiger partial charge in [0.05, 0.1) is 23.0 Å². The Labute approximate surface area is 101 Å². The molecule has 4 heteroatoms. The molecule has 88 valence electrons. The number of nitriles is 1. The van der Waals surface area contributed by atoms with Crippen molar-refractivity contribution in [3.05, 3.63) is 23.8 Å². The van der Waals surface area contributed by atoms with Crippen LogP contribution in [0.25, 0.3) is 0 Å². The van der Waals surface area contributed by atoms with Crippen molar-refractivity contribution in [2.75, 3.05) is 36.4 Å². The third-order valence-electron chi connectivity index (χ3n) is 3.58. The van der Waals surface area contributed by atoms with E-state index >= 15 is 0 Å². The van der Waals surface area contributed by atoms with Gasteiger partial charge in [0.25, 0.3) is 0 Å². The van der Waals surface area contributed by atoms with Crippen molar-refractivity contribution < 1.29 is 0 Å². The molecule has 4 nitrogen and oxygen atoms in total. The number of nitrogens with zero attached hydrogens (tertiary/aromatic N) is 2. The fourth-order valence-corrected chi connectivity index (χ4v) is 2.71. The zero-order valence-electron chi connectivity index (χ0n) is 9.74. The summed E-state index contributed by atoms with van der Waals surface area (Å²) in [5, 5.41) is 15.7. The average Bonchev–Trinajstić information content (AvgIpc) is 2.91. The molecule has 1 unspecified atom stereocenters. The lowest BCUT2D eigenvalue weighted by molar-refractivity contribution is 0.632. The van der Waals surface area contributed by atoms with Gasteiger partial charge in [-0.1, -0.05) is 0 Å². The van der Waals surface area contributed by atoms with Gasteiger partial charge >= 0.3 is 0 Å². The van der Waals surface area contributed by atoms with E-state index < -0.39 is 0 Å². The molecule has 0 bridgehead atoms. The highest BCUT2D eigenvalue weighted by molar-refractivity contribution is 5.74. The highest BCUT2D eigenvalue weighted by Gasteiger charge is 2.26. The standard InChI is InChI=1S/C13H16N4/c14-8-10-1-2-13-12(7-10)16-5-6-17(13)11-3-4-15-9-11/h1-2,7,11,15-16H,3-6,9H2. The molecule has 0 spiro atoms. The lowest BCUT2D eigenvalue weighted by Gasteiger charge is -2.36. The van der Waals surface area contributed by atoms with E-state index in [0.717, 1.165) is 37.4 Å². The highest BCUT2D eigenvalue weighted by atomic mass is 15.2. The SMILES string of the molecule is N#Cc1ccc2c(c1)NCCN2C1CCNC1. The van der Waals surface area contributed by atoms with Crippen LogP contribution in [0.15, 0.2) is 18.2 Å². The molecular formula is C13H16N4. The molecule has 2 aliphatic heterocycles. The Morgan fingerprint density at radius 2 is 2.29 bits per heavy atom. The number of fused-ring (bicyclic) bond motifs is 1. The molecule has 17 heavy (non-hydrogen) atoms. The summed E-state index contributed by atoms with van der Waals surface area (Å²) in [4.78, 5) is 2.47. The minimum absolute atomic E-state index is 0.601. The predicted molar refractivity (Wildman–Crippen MR) is 68.3 cm³/mol. The quantitative estimate of drug-likeness (QED) is 0.757. The van der Waals surface area contributed by atoms with Crippen LogP contribution >= 0.6 is 0 Å². The topological polar surface area (TPSA) is 51.1 Å². The molecule has 0 aliphatic carbocycles. The summed E-state index contributed by atoms with van der Waals surface area (Å²) in [6.07, 6.45) is 1.21. The van der Waals surface area contributed by atoms with Gasteiger partial charge in [-0.2, -0.15) is 5.26 Å². The second kappa shape index (κ2) is 4.27. The maximum Gasteiger partial charge on any atom is 0.0992 e. The lowest BCUT2D eigenvalue weighted by Crippen LogP contribution is -2.42. The van der Waals surface area contributed by atoms with E-state index in [1.165, 1.54) is 12.1 Å². The Kier molecular flexibility index (Phi) is 2.62. The van der Waals surface area contributed by atoms with Crippen LogP contribution in [0.1, 0.15) is 12.0 Å². The number of hydrogen-bond donors (Lipinski definition) is 2. The van der Waals surface area contributed by atoms with Crippen molar-refractivity contribution in [1.29, 1.82) is 5.26 Å². The molecule has 2 heterocycles. The van der Waals surface area contributed by atoms with E-state index in [0.29, 0.717) is 6.04 Å². The Morgan fingerprint density at radius 3 is 3.06 bits per heavy atom. The number of nitrogens with one attached hydrogen (secondary N) is 2. The van der Waals surface area contributed by atoms with Crippen molar-refractivity contribution in [3.8, 4) is 6.07 Å². The first-order valence-electron chi connectivity index (χ1n) is 6.14. The van der Waals surface area contributed by atoms with Gasteiger partial charge < -0.3 is 15.5 Å². The molecule has 0 radical (unpaired) electrons. The van der Waals surface area contributed by atoms with Crippen LogP contribution in [0.3, 0.4) is 0 Å². The summed E-state index contributed by atoms with van der Waals surface area (Å²) < 4.78 is 0. The van der Waals surface area contributed by atoms with Gasteiger partial charge in [0.2, 0.25) is 0 Å². The third kappa shape index (κ3) is 1.83. The molecule has 3 rings (SSSR count). The van der Waals surface area contributed by atoms with E-state index in [1.807, 2.05) is 12.1 Å². The van der Waals surface area contributed by atoms with Crippen molar-refractivity contribution in [3.63, 3.8) is 0 Å². The number of hydrogen-bond acceptors (Lipinski definition) is 4. The minimum Gasteiger partial charge on any atom is -0.382 e. The van der Waals surface area contributed by atoms with Crippen LogP contribution in [-0.4, -0.2) is 32.2 Å². The molecule has 1 atom stereocenters. The monoisotopic (exact) mass is 228 g/mol. The normalized spacial score (nSPS) is 22.8. The predicted octanol–water partition coefficient (Wildman–Crippen LogP) is 1.15. The van der Waals surface area contributed by atoms with Gasteiger partial charge in [-0.25, -0.2) is 0 Å². The molecule has 1 fully saturated rings. The van der Waals surface area contributed by atoms with Gasteiger partial charge in [-0.15, -0.1) is 0 Å². The van der Waals surface area contributed by atoms with E-state index in [2.05, 4.69) is 27.7 Å². The number of rotatable bonds is 1. The molecule has 1 saturated heterocycles. The van der Waals surface area contributed by atoms with Crippen LogP contribution in [0.2, 0.25) is 0 Å². The summed E-state index contributed by atoms with van der Waals surface area (Å²) >= 11 is 0. The van der Waals surface area contributed by atoms with Crippen LogP contribution < -0.4 is 15.5 Å². The molecular weight excluding hydrogens is 212 g/mol. The van der Waals surface area contributed by atoms with Gasteiger partial charge in [-0.3, -0.25) is 0 Å². The Morgan fingerprint density at radius 1 is 1.35 bits per heavy atom. The van der Waals surface area contributed by atoms with E-state index in [1.54, 1.807) is 0 Å². The molecule has 0 saturated carbocycles. The number of benzene rings is 1. The molecule has 0 aromatic heterocycles. The maximum atomic E-state index is 8.92. The summed E-state index contributed by atoms with van der Waals surface area (Å²) in [6, 6.07) is 8.71. The summed E-state index contributed by atoms with van der Waals surface area (Å²) in [5.74, 6) is 0. The average molecular weight is 228 g/mol. The second-order valence-corrected chi connectivity index (χ2v) is 4.61. The van der Waals surface area contributed by atoms with Gasteiger partial charge in [0.1, 0.15) is 0 Å². The first kappa shape index (κ1) is 10.4. The fourth-order valence-electron chi connectivity index (χ4n) is 2.71. The van der Waals surface area contributed by atoms with Crippen LogP contribution in [0.5, 0.6) is 0 Å². The second-order valence-electron chi connectivity index (χ2n) is 4.61. The van der Waals surface area contributed by atoms with Crippen LogP contribution in [-0.2, 0) is 0 Å². The zero-order chi connectivity index (χ0) is 11.7. The largest absolute Gasteiger partial charge is 0.382 e. The smallest absolute Gasteiger partial charge is 0.0992 e. The van der Waals surface area contributed by atoms with Crippen LogP contribution in [0.4, 0.5) is 11.4 Å². The molecule has 1 aromatic carbocycles. The fraction of sp³-hybridized carbons (Fsp3) is 0.462. The van der Waals surface area contributed by atoms with Crippen molar-refractivity contribution >= 4 is 11.4 Å². The minimum atomic E-state index is 0.601. The van der Waals surface area contributed by atoms with Crippen LogP contribution in [0, 0.1) is 11.3 Å². The molecule has 1 aromatic rings. The van der Waals surface area contributed by atoms with E-state index in [9.17, 15) is 0 Å². The Hall–Kier alpha value is -1.73. The Balaban J connectivity index is 1.94. The first-order chi connectivity index (χ1) is 8.38. The summed E-state index contributed by atoms with van der Waals surface area (Å²) in [6.45, 7) is 4.18. The van der Waals surface area contributed by atoms with Crippen molar-refractivity contribution in [1.82, 2.24) is 5.32 Å². The van der Waals surface area contributed by atoms with E-state index in [-0.39, 0.29) is 0 Å². The first-order valence-corrected chi connectivity index (χ1v) is 6.14. The molecule has 0 amide bonds. The zero-order valence-corrected chi connectivity index (χ0v) is 9.74. The van der Waals surface area contributed by atoms with E-state index in [4.69, 9.17) is 5.26 Å². The summed E-state index contributed by atoms with van der Waals surface area (Å²) in [7, 11) is 0. The summed E-state index contributed by atoms with van der Waals surface area (Å²) in [5.41, 5.74) is 3.06. The lowest BCUT2D eigenvalue weighted by atomic mass is 10.1. The maximum absolute atomic E-state index is 8.92. The third-order valence-corrected chi connectivity index (χ3v) is 3.58. The molecule has 2 N–H and O–H groups in total. The molecule has 2 aliphatic rings. The van der Waals surface area contributed by atoms with Gasteiger partial charge in [0.15, 0.2) is 0 Å². The Bertz CT molecular complexity index is 457. The number of anilines is 2. The van der Waals surface area contributed by atoms with Gasteiger partial charge in [0, 0.05) is 25.7 Å². The van der Waals surface area contributed by atoms with Crippen molar-refractivity contribution in [2.45, 2.75) is 12.5 Å². The highest BCUT2D eigenvalue weighted by Crippen LogP contribution is 2.32.